The molecule has 162 valence electrons. The molecule has 0 aliphatic carbocycles. The van der Waals surface area contributed by atoms with E-state index in [0.717, 1.165) is 10.6 Å². The molecule has 0 unspecified atom stereocenters. The zero-order valence-electron chi connectivity index (χ0n) is 17.5. The summed E-state index contributed by atoms with van der Waals surface area (Å²) in [4.78, 5) is 28.0. The van der Waals surface area contributed by atoms with E-state index in [2.05, 4.69) is 5.32 Å². The third kappa shape index (κ3) is 7.65. The van der Waals surface area contributed by atoms with E-state index in [1.165, 1.54) is 11.0 Å². The van der Waals surface area contributed by atoms with Gasteiger partial charge in [0.05, 0.1) is 0 Å². The molecule has 2 aromatic rings. The first-order valence-corrected chi connectivity index (χ1v) is 11.4. The summed E-state index contributed by atoms with van der Waals surface area (Å²) in [6.45, 7) is 5.46. The molecule has 0 heterocycles. The van der Waals surface area contributed by atoms with Gasteiger partial charge >= 0.3 is 0 Å². The van der Waals surface area contributed by atoms with Gasteiger partial charge in [-0.3, -0.25) is 9.59 Å². The number of amides is 2. The molecule has 2 rings (SSSR count). The fourth-order valence-corrected chi connectivity index (χ4v) is 3.86. The number of thioether (sulfide) groups is 1. The molecule has 0 bridgehead atoms. The number of carbonyl (C=O) groups excluding carboxylic acids is 2. The van der Waals surface area contributed by atoms with Gasteiger partial charge in [-0.1, -0.05) is 29.8 Å². The molecule has 2 amide bonds. The first-order chi connectivity index (χ1) is 14.3. The Morgan fingerprint density at radius 3 is 2.40 bits per heavy atom. The normalized spacial score (nSPS) is 11.9. The molecule has 1 N–H and O–H groups in total. The van der Waals surface area contributed by atoms with Crippen LogP contribution < -0.4 is 5.32 Å². The monoisotopic (exact) mass is 450 g/mol. The summed E-state index contributed by atoms with van der Waals surface area (Å²) < 4.78 is 14.2. The van der Waals surface area contributed by atoms with E-state index >= 15 is 0 Å². The summed E-state index contributed by atoms with van der Waals surface area (Å²) in [6.07, 6.45) is 0.937. The van der Waals surface area contributed by atoms with Crippen LogP contribution in [0.4, 0.5) is 4.39 Å². The first-order valence-electron chi connectivity index (χ1n) is 9.99. The zero-order chi connectivity index (χ0) is 22.1. The lowest BCUT2D eigenvalue weighted by Gasteiger charge is -2.29. The molecule has 0 aliphatic rings. The largest absolute Gasteiger partial charge is 0.352 e. The molecule has 1 atom stereocenters. The van der Waals surface area contributed by atoms with Crippen molar-refractivity contribution in [1.29, 1.82) is 0 Å². The van der Waals surface area contributed by atoms with E-state index in [4.69, 9.17) is 11.6 Å². The van der Waals surface area contributed by atoms with Crippen molar-refractivity contribution < 1.29 is 14.0 Å². The molecule has 0 saturated heterocycles. The van der Waals surface area contributed by atoms with Crippen LogP contribution in [0.5, 0.6) is 0 Å². The molecule has 7 heteroatoms. The molecular formula is C23H28ClFN2O2S. The minimum atomic E-state index is -0.691. The number of nitrogens with one attached hydrogen (secondary N) is 1. The van der Waals surface area contributed by atoms with Crippen molar-refractivity contribution in [3.8, 4) is 0 Å². The van der Waals surface area contributed by atoms with Crippen molar-refractivity contribution in [1.82, 2.24) is 10.2 Å². The molecule has 0 fully saturated rings. The maximum absolute atomic E-state index is 14.2. The second-order valence-electron chi connectivity index (χ2n) is 7.36. The van der Waals surface area contributed by atoms with Gasteiger partial charge in [0.2, 0.25) is 11.8 Å². The quantitative estimate of drug-likeness (QED) is 0.395. The van der Waals surface area contributed by atoms with E-state index in [1.54, 1.807) is 36.9 Å². The van der Waals surface area contributed by atoms with E-state index in [9.17, 15) is 14.0 Å². The number of hydrogen-bond acceptors (Lipinski definition) is 3. The van der Waals surface area contributed by atoms with Gasteiger partial charge in [-0.25, -0.2) is 4.39 Å². The maximum atomic E-state index is 14.2. The molecule has 0 saturated carbocycles. The van der Waals surface area contributed by atoms with Crippen LogP contribution in [-0.2, 0) is 16.1 Å². The lowest BCUT2D eigenvalue weighted by Crippen LogP contribution is -2.49. The highest BCUT2D eigenvalue weighted by Gasteiger charge is 2.26. The average Bonchev–Trinajstić information content (AvgIpc) is 2.70. The topological polar surface area (TPSA) is 49.4 Å². The smallest absolute Gasteiger partial charge is 0.242 e. The second-order valence-corrected chi connectivity index (χ2v) is 8.96. The van der Waals surface area contributed by atoms with Gasteiger partial charge < -0.3 is 10.2 Å². The van der Waals surface area contributed by atoms with Gasteiger partial charge in [-0.2, -0.15) is 0 Å². The Labute approximate surface area is 187 Å². The highest BCUT2D eigenvalue weighted by Crippen LogP contribution is 2.22. The van der Waals surface area contributed by atoms with Gasteiger partial charge in [0.1, 0.15) is 11.9 Å². The van der Waals surface area contributed by atoms with Crippen molar-refractivity contribution in [2.45, 2.75) is 57.1 Å². The molecule has 4 nitrogen and oxygen atoms in total. The molecular weight excluding hydrogens is 423 g/mol. The predicted molar refractivity (Wildman–Crippen MR) is 121 cm³/mol. The lowest BCUT2D eigenvalue weighted by atomic mass is 10.1. The number of nitrogens with zero attached hydrogens (tertiary/aromatic N) is 1. The third-order valence-electron chi connectivity index (χ3n) is 4.51. The summed E-state index contributed by atoms with van der Waals surface area (Å²) in [6, 6.07) is 13.1. The van der Waals surface area contributed by atoms with Crippen LogP contribution in [0.25, 0.3) is 0 Å². The van der Waals surface area contributed by atoms with E-state index in [0.29, 0.717) is 17.0 Å². The average molecular weight is 451 g/mol. The van der Waals surface area contributed by atoms with Crippen LogP contribution in [-0.4, -0.2) is 34.6 Å². The van der Waals surface area contributed by atoms with Crippen molar-refractivity contribution in [3.63, 3.8) is 0 Å². The number of rotatable bonds is 10. The highest BCUT2D eigenvalue weighted by atomic mass is 35.5. The van der Waals surface area contributed by atoms with Gasteiger partial charge in [-0.15, -0.1) is 11.8 Å². The molecule has 30 heavy (non-hydrogen) atoms. The molecule has 0 spiro atoms. The molecule has 2 aromatic carbocycles. The van der Waals surface area contributed by atoms with Crippen LogP contribution in [0.1, 0.15) is 39.2 Å². The van der Waals surface area contributed by atoms with Crippen LogP contribution in [0.2, 0.25) is 5.02 Å². The lowest BCUT2D eigenvalue weighted by molar-refractivity contribution is -0.140. The Hall–Kier alpha value is -2.05. The summed E-state index contributed by atoms with van der Waals surface area (Å²) >= 11 is 7.54. The summed E-state index contributed by atoms with van der Waals surface area (Å²) in [5.41, 5.74) is 0.394. The minimum absolute atomic E-state index is 0.0406. The summed E-state index contributed by atoms with van der Waals surface area (Å²) in [5, 5.41) is 3.52. The maximum Gasteiger partial charge on any atom is 0.242 e. The Morgan fingerprint density at radius 1 is 1.10 bits per heavy atom. The SMILES string of the molecule is CC(C)NC(=O)[C@H](C)N(Cc1ccccc1F)C(=O)CCCSc1ccc(Cl)cc1. The second kappa shape index (κ2) is 12.0. The van der Waals surface area contributed by atoms with Crippen molar-refractivity contribution in [2.75, 3.05) is 5.75 Å². The standard InChI is InChI=1S/C23H28ClFN2O2S/c1-16(2)26-23(29)17(3)27(15-18-7-4-5-8-21(18)25)22(28)9-6-14-30-20-12-10-19(24)11-13-20/h4-5,7-8,10-13,16-17H,6,9,14-15H2,1-3H3,(H,26,29)/t17-/m0/s1. The van der Waals surface area contributed by atoms with Crippen molar-refractivity contribution in [3.05, 3.63) is 64.9 Å². The fourth-order valence-electron chi connectivity index (χ4n) is 2.89. The molecule has 0 radical (unpaired) electrons. The Bertz CT molecular complexity index is 845. The molecule has 0 aromatic heterocycles. The first kappa shape index (κ1) is 24.2. The number of hydrogen-bond donors (Lipinski definition) is 1. The summed E-state index contributed by atoms with van der Waals surface area (Å²) in [5.74, 6) is -0.0373. The van der Waals surface area contributed by atoms with Crippen LogP contribution in [0, 0.1) is 5.82 Å². The van der Waals surface area contributed by atoms with Crippen molar-refractivity contribution in [2.24, 2.45) is 0 Å². The van der Waals surface area contributed by atoms with E-state index in [1.807, 2.05) is 38.1 Å². The van der Waals surface area contributed by atoms with E-state index < -0.39 is 6.04 Å². The minimum Gasteiger partial charge on any atom is -0.352 e. The van der Waals surface area contributed by atoms with Crippen LogP contribution >= 0.6 is 23.4 Å². The number of benzene rings is 2. The Balaban J connectivity index is 2.00. The molecule has 0 aliphatic heterocycles. The van der Waals surface area contributed by atoms with Gasteiger partial charge in [0.25, 0.3) is 0 Å². The number of halogens is 2. The van der Waals surface area contributed by atoms with Gasteiger partial charge in [0, 0.05) is 34.5 Å². The number of carbonyl (C=O) groups is 2. The predicted octanol–water partition coefficient (Wildman–Crippen LogP) is 5.29. The third-order valence-corrected chi connectivity index (χ3v) is 5.86. The van der Waals surface area contributed by atoms with Gasteiger partial charge in [0.15, 0.2) is 0 Å². The highest BCUT2D eigenvalue weighted by molar-refractivity contribution is 7.99. The Kier molecular flexibility index (Phi) is 9.66. The van der Waals surface area contributed by atoms with E-state index in [-0.39, 0.29) is 36.6 Å². The van der Waals surface area contributed by atoms with Gasteiger partial charge in [-0.05, 0) is 63.3 Å². The zero-order valence-corrected chi connectivity index (χ0v) is 19.1. The fraction of sp³-hybridized carbons (Fsp3) is 0.391. The Morgan fingerprint density at radius 2 is 1.77 bits per heavy atom. The van der Waals surface area contributed by atoms with Crippen LogP contribution in [0.15, 0.2) is 53.4 Å². The summed E-state index contributed by atoms with van der Waals surface area (Å²) in [7, 11) is 0. The van der Waals surface area contributed by atoms with Crippen LogP contribution in [0.3, 0.4) is 0 Å². The van der Waals surface area contributed by atoms with Crippen molar-refractivity contribution >= 4 is 35.2 Å².